The van der Waals surface area contributed by atoms with Crippen molar-refractivity contribution < 1.29 is 66.2 Å². The van der Waals surface area contributed by atoms with Crippen molar-refractivity contribution in [1.29, 1.82) is 0 Å². The standard InChI is InChI=1S/2CN2S2.2AsF6.Hg/c2*1-2-5-3-4-1;2*2-1(3,4,5,6)7;/q2*+1;2*-1;. The van der Waals surface area contributed by atoms with Crippen LogP contribution in [-0.4, -0.2) is 44.6 Å². The number of halogens is 12. The van der Waals surface area contributed by atoms with E-state index < -0.39 is 52.9 Å². The first-order valence-corrected chi connectivity index (χ1v) is 21.7. The molecular weight excluding hydrogens is 787 g/mol. The predicted molar refractivity (Wildman–Crippen MR) is 68.5 cm³/mol. The van der Waals surface area contributed by atoms with Crippen LogP contribution in [0.5, 0.6) is 0 Å². The zero-order valence-electron chi connectivity index (χ0n) is 10.6. The van der Waals surface area contributed by atoms with Crippen molar-refractivity contribution in [3.05, 3.63) is 0 Å². The predicted octanol–water partition coefficient (Wildman–Crippen LogP) is 4.39. The number of nitrogens with zero attached hydrogens (tertiary/aromatic N) is 4. The van der Waals surface area contributed by atoms with Crippen molar-refractivity contribution in [2.24, 2.45) is 0 Å². The molecule has 0 aliphatic rings. The van der Waals surface area contributed by atoms with Crippen LogP contribution in [0.1, 0.15) is 0 Å². The van der Waals surface area contributed by atoms with Gasteiger partial charge in [0.15, 0.2) is 0 Å². The molecule has 0 radical (unpaired) electrons. The Hall–Kier alpha value is 1.03. The molecule has 0 aliphatic carbocycles. The minimum absolute atomic E-state index is 1.17. The molecule has 0 unspecified atom stereocenters. The van der Waals surface area contributed by atoms with Crippen molar-refractivity contribution in [3.8, 4) is 0 Å². The second-order valence-electron chi connectivity index (χ2n) is 3.56. The van der Waals surface area contributed by atoms with Crippen molar-refractivity contribution in [1.82, 2.24) is 16.3 Å². The Kier molecular flexibility index (Phi) is 7.10. The molecule has 23 heteroatoms. The van der Waals surface area contributed by atoms with E-state index in [9.17, 15) is 41.6 Å². The first-order chi connectivity index (χ1) is 10.3. The third-order valence-corrected chi connectivity index (χ3v) is 14.4. The Bertz CT molecular complexity index is 579. The molecule has 0 saturated carbocycles. The number of hydrogen-bond donors (Lipinski definition) is 0. The Labute approximate surface area is 161 Å². The summed E-state index contributed by atoms with van der Waals surface area (Å²) in [5, 5.41) is 0. The molecule has 2 aromatic rings. The molecule has 2 rings (SSSR count). The SMILES string of the molecule is F[As-](F)(F)(F)(F)F.F[As-](F)(F)(F)(F)F.n1sn[c]([Hg][c]2nsn[s+]2)[s+]1. The zero-order valence-corrected chi connectivity index (χ0v) is 23.1. The summed E-state index contributed by atoms with van der Waals surface area (Å²) < 4.78 is 138. The fourth-order valence-electron chi connectivity index (χ4n) is 0.536. The van der Waals surface area contributed by atoms with Crippen LogP contribution in [0.3, 0.4) is 0 Å². The Morgan fingerprint density at radius 3 is 1.00 bits per heavy atom. The third-order valence-electron chi connectivity index (χ3n) is 0.940. The van der Waals surface area contributed by atoms with E-state index in [2.05, 4.69) is 16.3 Å². The van der Waals surface area contributed by atoms with Gasteiger partial charge in [-0.25, -0.2) is 0 Å². The van der Waals surface area contributed by atoms with Gasteiger partial charge in [-0.1, -0.05) is 0 Å². The Morgan fingerprint density at radius 1 is 0.600 bits per heavy atom. The monoisotopic (exact) mass is 788 g/mol. The van der Waals surface area contributed by atoms with Crippen molar-refractivity contribution in [2.45, 2.75) is 0 Å². The molecule has 0 fully saturated rings. The van der Waals surface area contributed by atoms with Gasteiger partial charge in [0, 0.05) is 0 Å². The van der Waals surface area contributed by atoms with E-state index in [0.29, 0.717) is 0 Å². The second kappa shape index (κ2) is 6.82. The molecule has 0 atom stereocenters. The van der Waals surface area contributed by atoms with E-state index >= 15 is 0 Å². The fourth-order valence-corrected chi connectivity index (χ4v) is 14.9. The number of aromatic nitrogens is 4. The average molecular weight is 787 g/mol. The van der Waals surface area contributed by atoms with E-state index in [1.165, 1.54) is 51.6 Å². The van der Waals surface area contributed by atoms with Gasteiger partial charge in [-0.15, -0.1) is 0 Å². The fraction of sp³-hybridized carbons (Fsp3) is 0. The number of hydrogen-bond acceptors (Lipinski definition) is 6. The summed E-state index contributed by atoms with van der Waals surface area (Å²) in [6.07, 6.45) is 0. The molecule has 0 aromatic carbocycles. The topological polar surface area (TPSA) is 51.6 Å². The normalized spacial score (nSPS) is 17.1. The van der Waals surface area contributed by atoms with Gasteiger partial charge in [0.25, 0.3) is 0 Å². The molecule has 0 bridgehead atoms. The van der Waals surface area contributed by atoms with Gasteiger partial charge in [-0.05, 0) is 0 Å². The van der Waals surface area contributed by atoms with Crippen LogP contribution in [0.4, 0.5) is 41.6 Å². The van der Waals surface area contributed by atoms with Gasteiger partial charge in [-0.3, -0.25) is 0 Å². The molecule has 0 aliphatic heterocycles. The first-order valence-electron chi connectivity index (χ1n) is 4.69. The quantitative estimate of drug-likeness (QED) is 0.258. The van der Waals surface area contributed by atoms with Gasteiger partial charge < -0.3 is 0 Å². The van der Waals surface area contributed by atoms with Crippen LogP contribution in [0.2, 0.25) is 0 Å². The van der Waals surface area contributed by atoms with E-state index in [-0.39, 0.29) is 0 Å². The van der Waals surface area contributed by atoms with Gasteiger partial charge in [0.1, 0.15) is 0 Å². The van der Waals surface area contributed by atoms with E-state index in [4.69, 9.17) is 0 Å². The van der Waals surface area contributed by atoms with Crippen LogP contribution in [-0.2, 0) is 24.6 Å². The van der Waals surface area contributed by atoms with Gasteiger partial charge in [0.2, 0.25) is 0 Å². The molecule has 2 heterocycles. The van der Waals surface area contributed by atoms with Gasteiger partial charge >= 0.3 is 162 Å². The van der Waals surface area contributed by atoms with E-state index in [0.717, 1.165) is 0 Å². The molecule has 25 heavy (non-hydrogen) atoms. The van der Waals surface area contributed by atoms with Crippen molar-refractivity contribution in [2.75, 3.05) is 0 Å². The van der Waals surface area contributed by atoms with E-state index in [1.54, 1.807) is 0 Å². The molecule has 2 aromatic heterocycles. The zero-order chi connectivity index (χ0) is 20.3. The molecule has 4 nitrogen and oxygen atoms in total. The average Bonchev–Trinajstić information content (AvgIpc) is 2.80. The van der Waals surface area contributed by atoms with Crippen LogP contribution >= 0.6 is 46.5 Å². The van der Waals surface area contributed by atoms with Crippen LogP contribution in [0.25, 0.3) is 0 Å². The third kappa shape index (κ3) is 36.7. The molecule has 0 N–H and O–H groups in total. The van der Waals surface area contributed by atoms with Crippen LogP contribution in [0, 0.1) is 0 Å². The summed E-state index contributed by atoms with van der Waals surface area (Å²) in [4.78, 5) is 0. The maximum absolute atomic E-state index is 11.1. The minimum atomic E-state index is -11.1. The summed E-state index contributed by atoms with van der Waals surface area (Å²) in [5.74, 6) is 0. The Balaban J connectivity index is 0.000000366. The summed E-state index contributed by atoms with van der Waals surface area (Å²) in [7, 11) is 0. The van der Waals surface area contributed by atoms with Crippen molar-refractivity contribution in [3.63, 3.8) is 0 Å². The Morgan fingerprint density at radius 2 is 0.840 bits per heavy atom. The molecular formula is C2As2F12HgN4S4. The van der Waals surface area contributed by atoms with Crippen LogP contribution < -0.4 is 5.03 Å². The maximum atomic E-state index is 9.91. The van der Waals surface area contributed by atoms with E-state index in [1.807, 2.05) is 0 Å². The molecule has 0 amide bonds. The molecule has 0 spiro atoms. The second-order valence-corrected chi connectivity index (χ2v) is 25.4. The molecule has 0 saturated heterocycles. The van der Waals surface area contributed by atoms with Gasteiger partial charge in [-0.2, -0.15) is 0 Å². The number of rotatable bonds is 2. The summed E-state index contributed by atoms with van der Waals surface area (Å²) in [6, 6.07) is 0. The van der Waals surface area contributed by atoms with Gasteiger partial charge in [0.05, 0.1) is 0 Å². The molecule has 148 valence electrons. The van der Waals surface area contributed by atoms with Crippen molar-refractivity contribution >= 4 is 79.9 Å². The summed E-state index contributed by atoms with van der Waals surface area (Å²) in [5.41, 5.74) is 0. The summed E-state index contributed by atoms with van der Waals surface area (Å²) in [6.45, 7) is 0. The van der Waals surface area contributed by atoms with Crippen LogP contribution in [0.15, 0.2) is 0 Å². The summed E-state index contributed by atoms with van der Waals surface area (Å²) >= 11 is -17.7. The first kappa shape index (κ1) is 26.0.